The first-order valence-electron chi connectivity index (χ1n) is 15.9. The van der Waals surface area contributed by atoms with Gasteiger partial charge >= 0.3 is 0 Å². The number of hydrogen-bond donors (Lipinski definition) is 0. The molecule has 0 aromatic heterocycles. The van der Waals surface area contributed by atoms with Crippen LogP contribution in [0.5, 0.6) is 0 Å². The zero-order chi connectivity index (χ0) is 31.6. The lowest BCUT2D eigenvalue weighted by atomic mass is 9.78. The monoisotopic (exact) mass is 598 g/mol. The van der Waals surface area contributed by atoms with Gasteiger partial charge in [0.05, 0.1) is 23.9 Å². The lowest BCUT2D eigenvalue weighted by Gasteiger charge is -2.29. The van der Waals surface area contributed by atoms with E-state index in [1.165, 1.54) is 22.3 Å². The fraction of sp³-hybridized carbons (Fsp3) is 0.385. The average Bonchev–Trinajstić information content (AvgIpc) is 3.11. The van der Waals surface area contributed by atoms with Crippen molar-refractivity contribution in [3.63, 3.8) is 0 Å². The van der Waals surface area contributed by atoms with Crippen molar-refractivity contribution in [3.05, 3.63) is 136 Å². The minimum absolute atomic E-state index is 0.101. The molecule has 4 aromatic carbocycles. The highest BCUT2D eigenvalue weighted by atomic mass is 32.2. The highest BCUT2D eigenvalue weighted by Gasteiger charge is 2.32. The quantitative estimate of drug-likeness (QED) is 0.231. The van der Waals surface area contributed by atoms with Crippen LogP contribution in [0.2, 0.25) is 0 Å². The van der Waals surface area contributed by atoms with Crippen molar-refractivity contribution in [2.75, 3.05) is 0 Å². The van der Waals surface area contributed by atoms with E-state index in [2.05, 4.69) is 82.3 Å². The third kappa shape index (κ3) is 7.85. The SMILES string of the molecule is CC.CC.CC(C)C1c2ccccc2COCc2ccccc21.CC(C)C1c2ccccc2CS(=O)(=O)c2ccccc21. The molecule has 0 bridgehead atoms. The second-order valence-electron chi connectivity index (χ2n) is 11.3. The maximum atomic E-state index is 12.6. The molecule has 1 atom stereocenters. The van der Waals surface area contributed by atoms with Crippen LogP contribution in [0.3, 0.4) is 0 Å². The lowest BCUT2D eigenvalue weighted by Crippen LogP contribution is -2.16. The van der Waals surface area contributed by atoms with Crippen molar-refractivity contribution in [1.29, 1.82) is 0 Å². The van der Waals surface area contributed by atoms with E-state index in [1.54, 1.807) is 6.07 Å². The molecule has 3 nitrogen and oxygen atoms in total. The maximum absolute atomic E-state index is 12.6. The molecule has 2 heterocycles. The minimum atomic E-state index is -3.26. The van der Waals surface area contributed by atoms with Gasteiger partial charge in [0.2, 0.25) is 0 Å². The topological polar surface area (TPSA) is 43.4 Å². The summed E-state index contributed by atoms with van der Waals surface area (Å²) in [6.45, 7) is 18.3. The van der Waals surface area contributed by atoms with Gasteiger partial charge < -0.3 is 4.74 Å². The van der Waals surface area contributed by atoms with Crippen molar-refractivity contribution in [2.45, 2.75) is 91.1 Å². The fourth-order valence-corrected chi connectivity index (χ4v) is 7.92. The Labute approximate surface area is 261 Å². The molecule has 2 aliphatic heterocycles. The van der Waals surface area contributed by atoms with Crippen LogP contribution >= 0.6 is 0 Å². The molecule has 2 aliphatic rings. The molecule has 0 spiro atoms. The van der Waals surface area contributed by atoms with E-state index >= 15 is 0 Å². The van der Waals surface area contributed by atoms with Gasteiger partial charge in [0.1, 0.15) is 0 Å². The van der Waals surface area contributed by atoms with Crippen molar-refractivity contribution in [2.24, 2.45) is 11.8 Å². The van der Waals surface area contributed by atoms with E-state index in [0.29, 0.717) is 35.9 Å². The Morgan fingerprint density at radius 2 is 0.884 bits per heavy atom. The standard InChI is InChI=1S/C18H20O.C17H18O2S.2C2H6/c1-13(2)18-16-9-5-3-7-14(16)11-19-12-15-8-4-6-10-17(15)18;1-12(2)17-14-8-4-3-7-13(14)11-20(18,19)16-10-6-5-9-15(16)17;2*1-2/h3-10,13,18H,11-12H2,1-2H3;3-10,12,17H,11H2,1-2H3;2*1-2H3. The van der Waals surface area contributed by atoms with Crippen LogP contribution in [0, 0.1) is 11.8 Å². The Morgan fingerprint density at radius 1 is 0.535 bits per heavy atom. The van der Waals surface area contributed by atoms with Gasteiger partial charge in [-0.15, -0.1) is 0 Å². The average molecular weight is 599 g/mol. The van der Waals surface area contributed by atoms with E-state index in [1.807, 2.05) is 64.1 Å². The van der Waals surface area contributed by atoms with Gasteiger partial charge in [0.25, 0.3) is 0 Å². The van der Waals surface area contributed by atoms with Gasteiger partial charge in [-0.2, -0.15) is 0 Å². The van der Waals surface area contributed by atoms with Crippen LogP contribution in [0.1, 0.15) is 106 Å². The predicted octanol–water partition coefficient (Wildman–Crippen LogP) is 10.3. The van der Waals surface area contributed by atoms with E-state index in [-0.39, 0.29) is 11.7 Å². The van der Waals surface area contributed by atoms with E-state index < -0.39 is 9.84 Å². The van der Waals surface area contributed by atoms with Gasteiger partial charge in [-0.1, -0.05) is 146 Å². The number of rotatable bonds is 2. The molecule has 1 unspecified atom stereocenters. The highest BCUT2D eigenvalue weighted by Crippen LogP contribution is 2.41. The summed E-state index contributed by atoms with van der Waals surface area (Å²) in [4.78, 5) is 0.495. The van der Waals surface area contributed by atoms with Gasteiger partial charge in [0, 0.05) is 11.8 Å². The summed E-state index contributed by atoms with van der Waals surface area (Å²) in [7, 11) is -3.26. The van der Waals surface area contributed by atoms with Crippen molar-refractivity contribution >= 4 is 9.84 Å². The van der Waals surface area contributed by atoms with Crippen LogP contribution in [-0.4, -0.2) is 8.42 Å². The molecule has 4 heteroatoms. The zero-order valence-electron chi connectivity index (χ0n) is 27.3. The Kier molecular flexibility index (Phi) is 12.8. The van der Waals surface area contributed by atoms with Gasteiger partial charge in [-0.05, 0) is 56.8 Å². The molecule has 0 aliphatic carbocycles. The van der Waals surface area contributed by atoms with Crippen molar-refractivity contribution < 1.29 is 13.2 Å². The molecule has 6 rings (SSSR count). The molecule has 0 N–H and O–H groups in total. The minimum Gasteiger partial charge on any atom is -0.372 e. The normalized spacial score (nSPS) is 16.5. The van der Waals surface area contributed by atoms with Crippen molar-refractivity contribution in [1.82, 2.24) is 0 Å². The number of sulfone groups is 1. The second-order valence-corrected chi connectivity index (χ2v) is 13.3. The lowest BCUT2D eigenvalue weighted by molar-refractivity contribution is 0.103. The van der Waals surface area contributed by atoms with Crippen molar-refractivity contribution in [3.8, 4) is 0 Å². The summed E-state index contributed by atoms with van der Waals surface area (Å²) in [6.07, 6.45) is 0. The molecule has 43 heavy (non-hydrogen) atoms. The van der Waals surface area contributed by atoms with Gasteiger partial charge in [-0.3, -0.25) is 0 Å². The molecular formula is C39H50O3S. The first-order chi connectivity index (χ1) is 20.8. The number of benzene rings is 4. The first-order valence-corrected chi connectivity index (χ1v) is 17.6. The molecule has 0 fully saturated rings. The predicted molar refractivity (Wildman–Crippen MR) is 181 cm³/mol. The molecule has 0 saturated heterocycles. The number of fused-ring (bicyclic) bond motifs is 4. The Hall–Kier alpha value is -3.21. The van der Waals surface area contributed by atoms with Crippen LogP contribution < -0.4 is 0 Å². The molecule has 4 aromatic rings. The summed E-state index contributed by atoms with van der Waals surface area (Å²) in [5.74, 6) is 1.64. The molecule has 230 valence electrons. The first kappa shape index (κ1) is 34.3. The smallest absolute Gasteiger partial charge is 0.182 e. The Morgan fingerprint density at radius 3 is 1.35 bits per heavy atom. The number of hydrogen-bond acceptors (Lipinski definition) is 3. The van der Waals surface area contributed by atoms with Crippen LogP contribution in [-0.2, 0) is 33.5 Å². The largest absolute Gasteiger partial charge is 0.372 e. The third-order valence-electron chi connectivity index (χ3n) is 7.95. The van der Waals surface area contributed by atoms with Gasteiger partial charge in [0.15, 0.2) is 9.84 Å². The van der Waals surface area contributed by atoms with Gasteiger partial charge in [-0.25, -0.2) is 8.42 Å². The fourth-order valence-electron chi connectivity index (χ4n) is 6.25. The highest BCUT2D eigenvalue weighted by molar-refractivity contribution is 7.90. The molecule has 0 amide bonds. The Bertz CT molecular complexity index is 1500. The summed E-state index contributed by atoms with van der Waals surface area (Å²) in [5.41, 5.74) is 8.52. The van der Waals surface area contributed by atoms with Crippen LogP contribution in [0.4, 0.5) is 0 Å². The van der Waals surface area contributed by atoms with E-state index in [4.69, 9.17) is 4.74 Å². The molecule has 0 radical (unpaired) electrons. The summed E-state index contributed by atoms with van der Waals surface area (Å²) in [5, 5.41) is 0. The summed E-state index contributed by atoms with van der Waals surface area (Å²) < 4.78 is 31.1. The van der Waals surface area contributed by atoms with Crippen LogP contribution in [0.15, 0.2) is 102 Å². The Balaban J connectivity index is 0.000000212. The zero-order valence-corrected chi connectivity index (χ0v) is 28.1. The second kappa shape index (κ2) is 16.0. The molecular weight excluding hydrogens is 548 g/mol. The van der Waals surface area contributed by atoms with E-state index in [9.17, 15) is 8.42 Å². The summed E-state index contributed by atoms with van der Waals surface area (Å²) >= 11 is 0. The summed E-state index contributed by atoms with van der Waals surface area (Å²) in [6, 6.07) is 32.7. The maximum Gasteiger partial charge on any atom is 0.182 e. The molecule has 0 saturated carbocycles. The van der Waals surface area contributed by atoms with Crippen LogP contribution in [0.25, 0.3) is 0 Å². The van der Waals surface area contributed by atoms with E-state index in [0.717, 1.165) is 16.7 Å². The third-order valence-corrected chi connectivity index (χ3v) is 9.69. The number of ether oxygens (including phenoxy) is 1.